The summed E-state index contributed by atoms with van der Waals surface area (Å²) in [5.41, 5.74) is -4.03. The standard InChI is InChI=1S/C14H14F3N3O4/c1-8(2)12(21)19-13(22,7-11(18-19)14(15,16)17)9-3-5-10(6-4-9)20(23)24/h3-6,8,22H,7H2,1-2H3/t13-/m1/s1. The van der Waals surface area contributed by atoms with E-state index < -0.39 is 40.8 Å². The Morgan fingerprint density at radius 3 is 2.33 bits per heavy atom. The molecule has 1 aromatic rings. The Hall–Kier alpha value is -2.49. The number of non-ortho nitro benzene ring substituents is 1. The number of hydrogen-bond donors (Lipinski definition) is 1. The summed E-state index contributed by atoms with van der Waals surface area (Å²) in [6.45, 7) is 2.92. The maximum atomic E-state index is 13.0. The van der Waals surface area contributed by atoms with Gasteiger partial charge in [0.25, 0.3) is 5.69 Å². The molecule has 1 aromatic carbocycles. The fourth-order valence-electron chi connectivity index (χ4n) is 2.25. The molecule has 7 nitrogen and oxygen atoms in total. The van der Waals surface area contributed by atoms with Gasteiger partial charge in [0.05, 0.1) is 11.3 Å². The molecule has 130 valence electrons. The second-order valence-electron chi connectivity index (χ2n) is 5.65. The zero-order valence-corrected chi connectivity index (χ0v) is 12.7. The quantitative estimate of drug-likeness (QED) is 0.672. The van der Waals surface area contributed by atoms with Crippen molar-refractivity contribution in [3.8, 4) is 0 Å². The number of carbonyl (C=O) groups excluding carboxylic acids is 1. The van der Waals surface area contributed by atoms with E-state index in [2.05, 4.69) is 5.10 Å². The van der Waals surface area contributed by atoms with Crippen LogP contribution in [0.1, 0.15) is 25.8 Å². The van der Waals surface area contributed by atoms with E-state index in [1.165, 1.54) is 13.8 Å². The van der Waals surface area contributed by atoms with Crippen molar-refractivity contribution >= 4 is 17.3 Å². The third kappa shape index (κ3) is 3.09. The maximum absolute atomic E-state index is 13.0. The number of nitro benzene ring substituents is 1. The molecule has 0 unspecified atom stereocenters. The van der Waals surface area contributed by atoms with Crippen LogP contribution in [0.3, 0.4) is 0 Å². The molecule has 0 saturated carbocycles. The number of amides is 1. The smallest absolute Gasteiger partial charge is 0.365 e. The van der Waals surface area contributed by atoms with Gasteiger partial charge in [-0.1, -0.05) is 13.8 Å². The van der Waals surface area contributed by atoms with Gasteiger partial charge in [0.15, 0.2) is 5.72 Å². The highest BCUT2D eigenvalue weighted by atomic mass is 19.4. The lowest BCUT2D eigenvalue weighted by Crippen LogP contribution is -2.45. The number of nitro groups is 1. The Bertz CT molecular complexity index is 700. The number of rotatable bonds is 3. The Balaban J connectivity index is 2.48. The molecule has 0 aromatic heterocycles. The van der Waals surface area contributed by atoms with Crippen molar-refractivity contribution in [1.82, 2.24) is 5.01 Å². The zero-order valence-electron chi connectivity index (χ0n) is 12.7. The zero-order chi connectivity index (χ0) is 18.3. The first-order valence-corrected chi connectivity index (χ1v) is 6.93. The van der Waals surface area contributed by atoms with E-state index in [0.29, 0.717) is 5.01 Å². The van der Waals surface area contributed by atoms with E-state index in [-0.39, 0.29) is 11.3 Å². The Kier molecular flexibility index (Phi) is 4.36. The van der Waals surface area contributed by atoms with E-state index >= 15 is 0 Å². The van der Waals surface area contributed by atoms with Crippen LogP contribution in [0, 0.1) is 16.0 Å². The maximum Gasteiger partial charge on any atom is 0.431 e. The van der Waals surface area contributed by atoms with Crippen molar-refractivity contribution in [2.24, 2.45) is 11.0 Å². The minimum atomic E-state index is -4.80. The number of nitrogens with zero attached hydrogens (tertiary/aromatic N) is 3. The molecule has 2 rings (SSSR count). The van der Waals surface area contributed by atoms with E-state index in [9.17, 15) is 33.2 Å². The molecule has 1 amide bonds. The summed E-state index contributed by atoms with van der Waals surface area (Å²) in [6, 6.07) is 4.29. The number of hydrazone groups is 1. The van der Waals surface area contributed by atoms with Crippen molar-refractivity contribution in [2.45, 2.75) is 32.2 Å². The molecule has 1 heterocycles. The fourth-order valence-corrected chi connectivity index (χ4v) is 2.25. The largest absolute Gasteiger partial charge is 0.431 e. The van der Waals surface area contributed by atoms with Crippen LogP contribution in [0.15, 0.2) is 29.4 Å². The van der Waals surface area contributed by atoms with Gasteiger partial charge >= 0.3 is 6.18 Å². The number of benzene rings is 1. The van der Waals surface area contributed by atoms with Crippen LogP contribution in [0.2, 0.25) is 0 Å². The van der Waals surface area contributed by atoms with E-state index in [1.807, 2.05) is 0 Å². The third-order valence-corrected chi connectivity index (χ3v) is 3.56. The molecule has 10 heteroatoms. The Morgan fingerprint density at radius 2 is 1.92 bits per heavy atom. The van der Waals surface area contributed by atoms with Gasteiger partial charge < -0.3 is 5.11 Å². The van der Waals surface area contributed by atoms with Gasteiger partial charge in [0.2, 0.25) is 5.91 Å². The molecular weight excluding hydrogens is 331 g/mol. The molecule has 0 aliphatic carbocycles. The molecule has 0 fully saturated rings. The fraction of sp³-hybridized carbons (Fsp3) is 0.429. The average molecular weight is 345 g/mol. The highest BCUT2D eigenvalue weighted by Gasteiger charge is 2.53. The molecular formula is C14H14F3N3O4. The molecule has 1 atom stereocenters. The molecule has 1 aliphatic heterocycles. The van der Waals surface area contributed by atoms with E-state index in [4.69, 9.17) is 0 Å². The van der Waals surface area contributed by atoms with Crippen LogP contribution in [-0.4, -0.2) is 32.8 Å². The summed E-state index contributed by atoms with van der Waals surface area (Å²) in [7, 11) is 0. The van der Waals surface area contributed by atoms with Crippen molar-refractivity contribution in [3.63, 3.8) is 0 Å². The first kappa shape index (κ1) is 17.9. The highest BCUT2D eigenvalue weighted by Crippen LogP contribution is 2.40. The normalized spacial score (nSPS) is 21.1. The number of hydrogen-bond acceptors (Lipinski definition) is 5. The van der Waals surface area contributed by atoms with E-state index in [1.54, 1.807) is 0 Å². The third-order valence-electron chi connectivity index (χ3n) is 3.56. The summed E-state index contributed by atoms with van der Waals surface area (Å²) >= 11 is 0. The predicted octanol–water partition coefficient (Wildman–Crippen LogP) is 2.55. The van der Waals surface area contributed by atoms with Gasteiger partial charge in [-0.2, -0.15) is 23.3 Å². The number of alkyl halides is 3. The Morgan fingerprint density at radius 1 is 1.38 bits per heavy atom. The van der Waals surface area contributed by atoms with Crippen LogP contribution in [0.5, 0.6) is 0 Å². The summed E-state index contributed by atoms with van der Waals surface area (Å²) < 4.78 is 38.9. The molecule has 0 spiro atoms. The lowest BCUT2D eigenvalue weighted by molar-refractivity contribution is -0.384. The lowest BCUT2D eigenvalue weighted by Gasteiger charge is -2.32. The van der Waals surface area contributed by atoms with Gasteiger partial charge in [0.1, 0.15) is 5.71 Å². The van der Waals surface area contributed by atoms with Gasteiger partial charge in [-0.05, 0) is 12.1 Å². The second-order valence-corrected chi connectivity index (χ2v) is 5.65. The van der Waals surface area contributed by atoms with Crippen LogP contribution in [-0.2, 0) is 10.5 Å². The number of halogens is 3. The average Bonchev–Trinajstić information content (AvgIpc) is 2.85. The first-order valence-electron chi connectivity index (χ1n) is 6.93. The minimum absolute atomic E-state index is 0.0925. The summed E-state index contributed by atoms with van der Waals surface area (Å²) in [5, 5.41) is 25.1. The summed E-state index contributed by atoms with van der Waals surface area (Å²) in [4.78, 5) is 22.1. The van der Waals surface area contributed by atoms with Gasteiger partial charge in [0, 0.05) is 23.6 Å². The van der Waals surface area contributed by atoms with E-state index in [0.717, 1.165) is 24.3 Å². The SMILES string of the molecule is CC(C)C(=O)N1N=C(C(F)(F)F)C[C@@]1(O)c1ccc([N+](=O)[O-])cc1. The monoisotopic (exact) mass is 345 g/mol. The Labute approximate surface area is 134 Å². The molecule has 0 bridgehead atoms. The molecule has 1 N–H and O–H groups in total. The van der Waals surface area contributed by atoms with Crippen molar-refractivity contribution in [3.05, 3.63) is 39.9 Å². The van der Waals surface area contributed by atoms with Gasteiger partial charge in [-0.25, -0.2) is 0 Å². The summed E-state index contributed by atoms with van der Waals surface area (Å²) in [6.07, 6.45) is -5.76. The second kappa shape index (κ2) is 5.86. The van der Waals surface area contributed by atoms with Crippen molar-refractivity contribution in [1.29, 1.82) is 0 Å². The van der Waals surface area contributed by atoms with Crippen LogP contribution >= 0.6 is 0 Å². The van der Waals surface area contributed by atoms with Gasteiger partial charge in [-0.15, -0.1) is 0 Å². The number of carbonyl (C=O) groups is 1. The van der Waals surface area contributed by atoms with Crippen molar-refractivity contribution < 1.29 is 28.0 Å². The van der Waals surface area contributed by atoms with Crippen LogP contribution < -0.4 is 0 Å². The summed E-state index contributed by atoms with van der Waals surface area (Å²) in [5.74, 6) is -1.50. The highest BCUT2D eigenvalue weighted by molar-refractivity contribution is 5.94. The lowest BCUT2D eigenvalue weighted by atomic mass is 9.96. The minimum Gasteiger partial charge on any atom is -0.365 e. The molecule has 0 saturated heterocycles. The van der Waals surface area contributed by atoms with Gasteiger partial charge in [-0.3, -0.25) is 14.9 Å². The van der Waals surface area contributed by atoms with Crippen LogP contribution in [0.25, 0.3) is 0 Å². The molecule has 0 radical (unpaired) electrons. The number of aliphatic hydroxyl groups is 1. The first-order chi connectivity index (χ1) is 11.0. The van der Waals surface area contributed by atoms with Crippen LogP contribution in [0.4, 0.5) is 18.9 Å². The predicted molar refractivity (Wildman–Crippen MR) is 76.8 cm³/mol. The molecule has 1 aliphatic rings. The topological polar surface area (TPSA) is 96.0 Å². The van der Waals surface area contributed by atoms with Crippen molar-refractivity contribution in [2.75, 3.05) is 0 Å². The molecule has 24 heavy (non-hydrogen) atoms.